The van der Waals surface area contributed by atoms with E-state index in [0.29, 0.717) is 6.54 Å². The molecule has 0 N–H and O–H groups in total. The monoisotopic (exact) mass is 143 g/mol. The first kappa shape index (κ1) is 9.95. The van der Waals surface area contributed by atoms with Gasteiger partial charge in [-0.05, 0) is 13.5 Å². The number of hydrogen-bond acceptors (Lipinski definition) is 1. The molecule has 1 unspecified atom stereocenters. The van der Waals surface area contributed by atoms with E-state index < -0.39 is 6.17 Å². The molecule has 0 spiro atoms. The SMILES string of the molecule is CN1CCC(F)C1.[B]CC. The zero-order valence-electron chi connectivity index (χ0n) is 6.81. The minimum atomic E-state index is -0.551. The van der Waals surface area contributed by atoms with Crippen LogP contribution in [-0.4, -0.2) is 39.1 Å². The van der Waals surface area contributed by atoms with Crippen molar-refractivity contribution in [3.63, 3.8) is 0 Å². The molecule has 0 aromatic heterocycles. The van der Waals surface area contributed by atoms with Crippen molar-refractivity contribution in [1.29, 1.82) is 0 Å². The lowest BCUT2D eigenvalue weighted by atomic mass is 10.1. The van der Waals surface area contributed by atoms with Crippen molar-refractivity contribution in [2.24, 2.45) is 0 Å². The smallest absolute Gasteiger partial charge is 0.114 e. The molecule has 3 heteroatoms. The van der Waals surface area contributed by atoms with Crippen LogP contribution < -0.4 is 0 Å². The summed E-state index contributed by atoms with van der Waals surface area (Å²) in [4.78, 5) is 2.00. The zero-order chi connectivity index (χ0) is 7.98. The Bertz CT molecular complexity index is 72.0. The predicted molar refractivity (Wildman–Crippen MR) is 43.2 cm³/mol. The molecule has 0 aromatic carbocycles. The Hall–Kier alpha value is -0.0451. The van der Waals surface area contributed by atoms with Gasteiger partial charge in [0.1, 0.15) is 6.17 Å². The summed E-state index contributed by atoms with van der Waals surface area (Å²) < 4.78 is 12.1. The highest BCUT2D eigenvalue weighted by atomic mass is 19.1. The fraction of sp³-hybridized carbons (Fsp3) is 1.00. The Kier molecular flexibility index (Phi) is 5.69. The quantitative estimate of drug-likeness (QED) is 0.461. The highest BCUT2D eigenvalue weighted by Crippen LogP contribution is 2.08. The summed E-state index contributed by atoms with van der Waals surface area (Å²) in [5.74, 6) is 0. The molecule has 2 radical (unpaired) electrons. The lowest BCUT2D eigenvalue weighted by Crippen LogP contribution is -2.13. The Morgan fingerprint density at radius 3 is 2.30 bits per heavy atom. The molecule has 10 heavy (non-hydrogen) atoms. The molecule has 0 bridgehead atoms. The molecular formula is C7H15BFN. The Balaban J connectivity index is 0.000000236. The third-order valence-corrected chi connectivity index (χ3v) is 1.33. The molecule has 1 aliphatic rings. The minimum Gasteiger partial charge on any atom is -0.303 e. The van der Waals surface area contributed by atoms with Crippen LogP contribution in [0.5, 0.6) is 0 Å². The Morgan fingerprint density at radius 1 is 1.70 bits per heavy atom. The summed E-state index contributed by atoms with van der Waals surface area (Å²) in [5, 5.41) is 0. The molecule has 1 aliphatic heterocycles. The van der Waals surface area contributed by atoms with E-state index in [4.69, 9.17) is 7.85 Å². The predicted octanol–water partition coefficient (Wildman–Crippen LogP) is 1.25. The summed E-state index contributed by atoms with van der Waals surface area (Å²) in [7, 11) is 6.79. The van der Waals surface area contributed by atoms with Crippen LogP contribution in [0.4, 0.5) is 4.39 Å². The third-order valence-electron chi connectivity index (χ3n) is 1.33. The molecule has 0 saturated carbocycles. The molecule has 0 aliphatic carbocycles. The van der Waals surface area contributed by atoms with Crippen LogP contribution in [0, 0.1) is 0 Å². The van der Waals surface area contributed by atoms with Crippen molar-refractivity contribution in [2.75, 3.05) is 20.1 Å². The second-order valence-electron chi connectivity index (χ2n) is 2.56. The van der Waals surface area contributed by atoms with Crippen molar-refractivity contribution in [1.82, 2.24) is 4.90 Å². The van der Waals surface area contributed by atoms with Crippen molar-refractivity contribution in [3.05, 3.63) is 0 Å². The van der Waals surface area contributed by atoms with E-state index in [1.54, 1.807) is 0 Å². The first-order chi connectivity index (χ1) is 4.70. The van der Waals surface area contributed by atoms with E-state index in [9.17, 15) is 4.39 Å². The number of rotatable bonds is 0. The lowest BCUT2D eigenvalue weighted by Gasteiger charge is -2.01. The summed E-state index contributed by atoms with van der Waals surface area (Å²) in [6.45, 7) is 3.47. The average Bonchev–Trinajstić information content (AvgIpc) is 2.17. The van der Waals surface area contributed by atoms with Gasteiger partial charge in [-0.1, -0.05) is 13.2 Å². The molecular weight excluding hydrogens is 128 g/mol. The number of halogens is 1. The highest BCUT2D eigenvalue weighted by Gasteiger charge is 2.17. The van der Waals surface area contributed by atoms with Crippen LogP contribution in [0.15, 0.2) is 0 Å². The maximum Gasteiger partial charge on any atom is 0.114 e. The minimum absolute atomic E-state index is 0.551. The molecule has 0 amide bonds. The maximum atomic E-state index is 12.1. The topological polar surface area (TPSA) is 3.24 Å². The van der Waals surface area contributed by atoms with Gasteiger partial charge in [-0.25, -0.2) is 4.39 Å². The first-order valence-electron chi connectivity index (χ1n) is 3.73. The van der Waals surface area contributed by atoms with Gasteiger partial charge in [-0.2, -0.15) is 0 Å². The van der Waals surface area contributed by atoms with E-state index in [1.807, 2.05) is 18.9 Å². The van der Waals surface area contributed by atoms with Crippen molar-refractivity contribution in [3.8, 4) is 0 Å². The molecule has 1 rings (SSSR count). The molecule has 58 valence electrons. The summed E-state index contributed by atoms with van der Waals surface area (Å²) in [5.41, 5.74) is 0. The van der Waals surface area contributed by atoms with Gasteiger partial charge in [0.05, 0.1) is 7.85 Å². The van der Waals surface area contributed by atoms with E-state index >= 15 is 0 Å². The van der Waals surface area contributed by atoms with Gasteiger partial charge in [-0.15, -0.1) is 0 Å². The van der Waals surface area contributed by atoms with Crippen molar-refractivity contribution >= 4 is 7.85 Å². The fourth-order valence-corrected chi connectivity index (χ4v) is 0.881. The van der Waals surface area contributed by atoms with Crippen molar-refractivity contribution in [2.45, 2.75) is 25.8 Å². The van der Waals surface area contributed by atoms with E-state index in [-0.39, 0.29) is 0 Å². The summed E-state index contributed by atoms with van der Waals surface area (Å²) in [6.07, 6.45) is 0.932. The second-order valence-corrected chi connectivity index (χ2v) is 2.56. The lowest BCUT2D eigenvalue weighted by molar-refractivity contribution is 0.321. The fourth-order valence-electron chi connectivity index (χ4n) is 0.881. The van der Waals surface area contributed by atoms with Crippen molar-refractivity contribution < 1.29 is 4.39 Å². The maximum absolute atomic E-state index is 12.1. The van der Waals surface area contributed by atoms with Gasteiger partial charge >= 0.3 is 0 Å². The third kappa shape index (κ3) is 4.80. The van der Waals surface area contributed by atoms with Gasteiger partial charge in [0.2, 0.25) is 0 Å². The molecule has 1 nitrogen and oxygen atoms in total. The zero-order valence-corrected chi connectivity index (χ0v) is 6.81. The number of alkyl halides is 1. The molecule has 1 atom stereocenters. The van der Waals surface area contributed by atoms with E-state index in [1.165, 1.54) is 0 Å². The summed E-state index contributed by atoms with van der Waals surface area (Å²) >= 11 is 0. The molecule has 0 aromatic rings. The largest absolute Gasteiger partial charge is 0.303 e. The normalized spacial score (nSPS) is 25.7. The van der Waals surface area contributed by atoms with Crippen LogP contribution in [-0.2, 0) is 0 Å². The molecule has 1 heterocycles. The van der Waals surface area contributed by atoms with E-state index in [0.717, 1.165) is 19.3 Å². The van der Waals surface area contributed by atoms with Crippen LogP contribution in [0.2, 0.25) is 6.32 Å². The van der Waals surface area contributed by atoms with Gasteiger partial charge < -0.3 is 4.90 Å². The number of likely N-dealkylation sites (tertiary alicyclic amines) is 1. The van der Waals surface area contributed by atoms with E-state index in [2.05, 4.69) is 0 Å². The second kappa shape index (κ2) is 5.72. The highest BCUT2D eigenvalue weighted by molar-refractivity contribution is 6.08. The standard InChI is InChI=1S/C5H10FN.C2H5B/c1-7-3-2-5(6)4-7;1-2-3/h5H,2-4H2,1H3;2H2,1H3. The number of hydrogen-bond donors (Lipinski definition) is 0. The van der Waals surface area contributed by atoms with Gasteiger partial charge in [0.25, 0.3) is 0 Å². The number of nitrogens with zero attached hydrogens (tertiary/aromatic N) is 1. The van der Waals surface area contributed by atoms with Gasteiger partial charge in [0.15, 0.2) is 0 Å². The van der Waals surface area contributed by atoms with Gasteiger partial charge in [0, 0.05) is 13.1 Å². The van der Waals surface area contributed by atoms with Crippen LogP contribution >= 0.6 is 0 Å². The Morgan fingerprint density at radius 2 is 2.20 bits per heavy atom. The van der Waals surface area contributed by atoms with Crippen LogP contribution in [0.3, 0.4) is 0 Å². The molecule has 1 saturated heterocycles. The first-order valence-corrected chi connectivity index (χ1v) is 3.73. The average molecular weight is 143 g/mol. The molecule has 1 fully saturated rings. The van der Waals surface area contributed by atoms with Gasteiger partial charge in [-0.3, -0.25) is 0 Å². The Labute approximate surface area is 64.0 Å². The van der Waals surface area contributed by atoms with Crippen LogP contribution in [0.25, 0.3) is 0 Å². The van der Waals surface area contributed by atoms with Crippen LogP contribution in [0.1, 0.15) is 13.3 Å². The summed E-state index contributed by atoms with van der Waals surface area (Å²) in [6, 6.07) is 0.